The first-order chi connectivity index (χ1) is 13.4. The number of hydrogen-bond acceptors (Lipinski definition) is 6. The Labute approximate surface area is 165 Å². The first kappa shape index (κ1) is 20.6. The highest BCUT2D eigenvalue weighted by Gasteiger charge is 2.25. The van der Waals surface area contributed by atoms with E-state index in [1.165, 1.54) is 0 Å². The van der Waals surface area contributed by atoms with Crippen molar-refractivity contribution in [2.24, 2.45) is 0 Å². The average Bonchev–Trinajstić information content (AvgIpc) is 3.16. The minimum absolute atomic E-state index is 0.00401. The summed E-state index contributed by atoms with van der Waals surface area (Å²) in [6.07, 6.45) is 3.15. The van der Waals surface area contributed by atoms with E-state index in [1.54, 1.807) is 17.5 Å². The Balaban J connectivity index is 1.44. The molecule has 0 saturated carbocycles. The summed E-state index contributed by atoms with van der Waals surface area (Å²) in [7, 11) is -4.38. The molecule has 0 unspecified atom stereocenters. The zero-order valence-corrected chi connectivity index (χ0v) is 16.5. The molecular formula is C17H20F2N4O3S2. The molecule has 1 aromatic heterocycles. The minimum atomic E-state index is -4.38. The van der Waals surface area contributed by atoms with Gasteiger partial charge in [0.2, 0.25) is 15.9 Å². The van der Waals surface area contributed by atoms with Crippen LogP contribution in [0, 0.1) is 11.6 Å². The molecule has 0 radical (unpaired) electrons. The third kappa shape index (κ3) is 5.03. The number of amides is 1. The van der Waals surface area contributed by atoms with E-state index >= 15 is 0 Å². The first-order valence-corrected chi connectivity index (χ1v) is 11.1. The number of carbonyl (C=O) groups is 1. The van der Waals surface area contributed by atoms with Crippen LogP contribution in [0.1, 0.15) is 19.3 Å². The molecule has 1 aromatic carbocycles. The number of thiazole rings is 1. The summed E-state index contributed by atoms with van der Waals surface area (Å²) in [6.45, 7) is 1.30. The summed E-state index contributed by atoms with van der Waals surface area (Å²) < 4.78 is 53.4. The zero-order valence-electron chi connectivity index (χ0n) is 14.9. The van der Waals surface area contributed by atoms with Gasteiger partial charge >= 0.3 is 0 Å². The number of benzene rings is 1. The molecule has 0 atom stereocenters. The van der Waals surface area contributed by atoms with E-state index in [-0.39, 0.29) is 24.9 Å². The van der Waals surface area contributed by atoms with Crippen LogP contribution in [0.3, 0.4) is 0 Å². The summed E-state index contributed by atoms with van der Waals surface area (Å²) >= 11 is 1.57. The van der Waals surface area contributed by atoms with Crippen molar-refractivity contribution in [3.8, 4) is 0 Å². The van der Waals surface area contributed by atoms with Gasteiger partial charge in [0, 0.05) is 43.7 Å². The van der Waals surface area contributed by atoms with Crippen LogP contribution in [0.15, 0.2) is 34.7 Å². The maximum Gasteiger partial charge on any atom is 0.246 e. The highest BCUT2D eigenvalue weighted by molar-refractivity contribution is 7.89. The van der Waals surface area contributed by atoms with Crippen LogP contribution in [0.4, 0.5) is 13.9 Å². The van der Waals surface area contributed by atoms with Crippen molar-refractivity contribution in [2.75, 3.05) is 24.5 Å². The standard InChI is InChI=1S/C17H20F2N4O3S2/c18-13-2-1-3-14(19)16(13)28(25,26)21-7-4-15(24)22-12-5-9-23(10-6-12)17-20-8-11-27-17/h1-3,8,11-12,21H,4-7,9-10H2,(H,22,24). The monoisotopic (exact) mass is 430 g/mol. The van der Waals surface area contributed by atoms with E-state index in [2.05, 4.69) is 19.9 Å². The van der Waals surface area contributed by atoms with Crippen molar-refractivity contribution in [2.45, 2.75) is 30.2 Å². The van der Waals surface area contributed by atoms with E-state index < -0.39 is 26.6 Å². The number of aromatic nitrogens is 1. The number of piperidine rings is 1. The summed E-state index contributed by atoms with van der Waals surface area (Å²) in [4.78, 5) is 17.4. The molecule has 2 heterocycles. The smallest absolute Gasteiger partial charge is 0.246 e. The molecular weight excluding hydrogens is 410 g/mol. The molecule has 2 N–H and O–H groups in total. The van der Waals surface area contributed by atoms with Crippen molar-refractivity contribution < 1.29 is 22.0 Å². The second-order valence-electron chi connectivity index (χ2n) is 6.34. The summed E-state index contributed by atoms with van der Waals surface area (Å²) in [5.74, 6) is -2.67. The molecule has 2 aromatic rings. The number of carbonyl (C=O) groups excluding carboxylic acids is 1. The van der Waals surface area contributed by atoms with Crippen LogP contribution in [-0.2, 0) is 14.8 Å². The normalized spacial score (nSPS) is 15.6. The fraction of sp³-hybridized carbons (Fsp3) is 0.412. The maximum absolute atomic E-state index is 13.6. The number of anilines is 1. The Kier molecular flexibility index (Phi) is 6.57. The van der Waals surface area contributed by atoms with Crippen LogP contribution < -0.4 is 14.9 Å². The van der Waals surface area contributed by atoms with Gasteiger partial charge in [-0.05, 0) is 25.0 Å². The van der Waals surface area contributed by atoms with Gasteiger partial charge in [0.05, 0.1) is 0 Å². The highest BCUT2D eigenvalue weighted by Crippen LogP contribution is 2.22. The van der Waals surface area contributed by atoms with Crippen molar-refractivity contribution in [1.29, 1.82) is 0 Å². The molecule has 28 heavy (non-hydrogen) atoms. The Morgan fingerprint density at radius 3 is 2.54 bits per heavy atom. The zero-order chi connectivity index (χ0) is 20.1. The van der Waals surface area contributed by atoms with E-state index in [1.807, 2.05) is 5.38 Å². The fourth-order valence-corrected chi connectivity index (χ4v) is 4.86. The van der Waals surface area contributed by atoms with Gasteiger partial charge in [0.1, 0.15) is 11.6 Å². The molecule has 0 aliphatic carbocycles. The van der Waals surface area contributed by atoms with Gasteiger partial charge in [0.15, 0.2) is 10.0 Å². The van der Waals surface area contributed by atoms with E-state index in [9.17, 15) is 22.0 Å². The van der Waals surface area contributed by atoms with Gasteiger partial charge in [0.25, 0.3) is 0 Å². The molecule has 0 spiro atoms. The lowest BCUT2D eigenvalue weighted by atomic mass is 10.1. The van der Waals surface area contributed by atoms with Crippen molar-refractivity contribution >= 4 is 32.4 Å². The molecule has 1 amide bonds. The Morgan fingerprint density at radius 1 is 1.25 bits per heavy atom. The van der Waals surface area contributed by atoms with Crippen molar-refractivity contribution in [1.82, 2.24) is 15.0 Å². The lowest BCUT2D eigenvalue weighted by Crippen LogP contribution is -2.45. The minimum Gasteiger partial charge on any atom is -0.353 e. The van der Waals surface area contributed by atoms with Gasteiger partial charge in [-0.15, -0.1) is 11.3 Å². The van der Waals surface area contributed by atoms with Gasteiger partial charge in [-0.3, -0.25) is 4.79 Å². The number of hydrogen-bond donors (Lipinski definition) is 2. The number of halogens is 2. The van der Waals surface area contributed by atoms with Crippen LogP contribution in [0.2, 0.25) is 0 Å². The highest BCUT2D eigenvalue weighted by atomic mass is 32.2. The first-order valence-electron chi connectivity index (χ1n) is 8.74. The lowest BCUT2D eigenvalue weighted by Gasteiger charge is -2.32. The lowest BCUT2D eigenvalue weighted by molar-refractivity contribution is -0.121. The predicted molar refractivity (Wildman–Crippen MR) is 102 cm³/mol. The van der Waals surface area contributed by atoms with E-state index in [4.69, 9.17) is 0 Å². The molecule has 7 nitrogen and oxygen atoms in total. The predicted octanol–water partition coefficient (Wildman–Crippen LogP) is 1.87. The van der Waals surface area contributed by atoms with Crippen LogP contribution in [-0.4, -0.2) is 45.0 Å². The van der Waals surface area contributed by atoms with Gasteiger partial charge in [-0.2, -0.15) is 0 Å². The Morgan fingerprint density at radius 2 is 1.93 bits per heavy atom. The molecule has 1 saturated heterocycles. The second kappa shape index (κ2) is 8.93. The molecule has 1 aliphatic rings. The third-order valence-electron chi connectivity index (χ3n) is 4.38. The van der Waals surface area contributed by atoms with Crippen LogP contribution >= 0.6 is 11.3 Å². The summed E-state index contributed by atoms with van der Waals surface area (Å²) in [5.41, 5.74) is 0. The topological polar surface area (TPSA) is 91.4 Å². The second-order valence-corrected chi connectivity index (χ2v) is 8.92. The molecule has 0 bridgehead atoms. The number of rotatable bonds is 7. The summed E-state index contributed by atoms with van der Waals surface area (Å²) in [5, 5.41) is 5.74. The van der Waals surface area contributed by atoms with Gasteiger partial charge in [-0.1, -0.05) is 6.07 Å². The van der Waals surface area contributed by atoms with E-state index in [0.29, 0.717) is 0 Å². The average molecular weight is 431 g/mol. The van der Waals surface area contributed by atoms with Crippen LogP contribution in [0.25, 0.3) is 0 Å². The fourth-order valence-electron chi connectivity index (χ4n) is 3.00. The third-order valence-corrected chi connectivity index (χ3v) is 6.73. The van der Waals surface area contributed by atoms with Gasteiger partial charge in [-0.25, -0.2) is 26.9 Å². The SMILES string of the molecule is O=C(CCNS(=O)(=O)c1c(F)cccc1F)NC1CCN(c2nccs2)CC1. The number of sulfonamides is 1. The quantitative estimate of drug-likeness (QED) is 0.700. The van der Waals surface area contributed by atoms with Crippen LogP contribution in [0.5, 0.6) is 0 Å². The number of nitrogens with zero attached hydrogens (tertiary/aromatic N) is 2. The summed E-state index contributed by atoms with van der Waals surface area (Å²) in [6, 6.07) is 2.81. The Bertz CT molecular complexity index is 894. The van der Waals surface area contributed by atoms with Gasteiger partial charge < -0.3 is 10.2 Å². The number of nitrogens with one attached hydrogen (secondary N) is 2. The Hall–Kier alpha value is -2.11. The maximum atomic E-state index is 13.6. The largest absolute Gasteiger partial charge is 0.353 e. The molecule has 3 rings (SSSR count). The van der Waals surface area contributed by atoms with Crippen molar-refractivity contribution in [3.63, 3.8) is 0 Å². The molecule has 152 valence electrons. The molecule has 1 fully saturated rings. The molecule has 11 heteroatoms. The van der Waals surface area contributed by atoms with Crippen molar-refractivity contribution in [3.05, 3.63) is 41.4 Å². The van der Waals surface area contributed by atoms with E-state index in [0.717, 1.165) is 49.3 Å². The molecule has 1 aliphatic heterocycles.